The molecule has 0 bridgehead atoms. The summed E-state index contributed by atoms with van der Waals surface area (Å²) in [5.41, 5.74) is 1.29. The summed E-state index contributed by atoms with van der Waals surface area (Å²) in [6.07, 6.45) is 4.43. The van der Waals surface area contributed by atoms with Crippen molar-refractivity contribution >= 4 is 0 Å². The van der Waals surface area contributed by atoms with Gasteiger partial charge in [0.25, 0.3) is 0 Å². The number of hydrogen-bond donors (Lipinski definition) is 1. The van der Waals surface area contributed by atoms with Crippen LogP contribution in [0.3, 0.4) is 0 Å². The predicted octanol–water partition coefficient (Wildman–Crippen LogP) is 0.765. The Morgan fingerprint density at radius 2 is 2.62 bits per heavy atom. The van der Waals surface area contributed by atoms with Crippen LogP contribution in [0.25, 0.3) is 0 Å². The van der Waals surface area contributed by atoms with E-state index in [1.807, 2.05) is 10.9 Å². The first kappa shape index (κ1) is 8.69. The van der Waals surface area contributed by atoms with Gasteiger partial charge in [0.15, 0.2) is 0 Å². The van der Waals surface area contributed by atoms with Crippen LogP contribution in [0.15, 0.2) is 6.20 Å². The van der Waals surface area contributed by atoms with Crippen LogP contribution >= 0.6 is 0 Å². The molecule has 1 saturated heterocycles. The third-order valence-corrected chi connectivity index (χ3v) is 2.66. The van der Waals surface area contributed by atoms with Crippen LogP contribution < -0.4 is 5.32 Å². The summed E-state index contributed by atoms with van der Waals surface area (Å²) in [7, 11) is 0. The summed E-state index contributed by atoms with van der Waals surface area (Å²) in [6.45, 7) is 5.26. The minimum atomic E-state index is 0.615. The van der Waals surface area contributed by atoms with E-state index in [1.54, 1.807) is 0 Å². The normalized spacial score (nSPS) is 23.3. The van der Waals surface area contributed by atoms with Crippen molar-refractivity contribution in [3.8, 4) is 0 Å². The molecule has 1 unspecified atom stereocenters. The van der Waals surface area contributed by atoms with Crippen molar-refractivity contribution in [2.75, 3.05) is 13.1 Å². The van der Waals surface area contributed by atoms with Crippen LogP contribution in [0.1, 0.15) is 31.4 Å². The summed E-state index contributed by atoms with van der Waals surface area (Å²) in [5.74, 6) is 0.615. The van der Waals surface area contributed by atoms with E-state index in [2.05, 4.69) is 22.6 Å². The molecule has 4 heteroatoms. The second-order valence-corrected chi connectivity index (χ2v) is 3.52. The van der Waals surface area contributed by atoms with Crippen molar-refractivity contribution in [1.29, 1.82) is 0 Å². The lowest BCUT2D eigenvalue weighted by atomic mass is 9.96. The molecule has 13 heavy (non-hydrogen) atoms. The molecule has 0 aromatic carbocycles. The third-order valence-electron chi connectivity index (χ3n) is 2.66. The average Bonchev–Trinajstić information content (AvgIpc) is 2.67. The molecule has 1 N–H and O–H groups in total. The highest BCUT2D eigenvalue weighted by Gasteiger charge is 2.18. The molecule has 0 saturated carbocycles. The Labute approximate surface area is 78.3 Å². The molecule has 1 aliphatic rings. The third kappa shape index (κ3) is 1.72. The van der Waals surface area contributed by atoms with E-state index in [0.717, 1.165) is 19.6 Å². The van der Waals surface area contributed by atoms with Crippen molar-refractivity contribution in [3.05, 3.63) is 11.9 Å². The van der Waals surface area contributed by atoms with Crippen molar-refractivity contribution in [1.82, 2.24) is 20.3 Å². The van der Waals surface area contributed by atoms with Crippen LogP contribution in [-0.2, 0) is 6.54 Å². The van der Waals surface area contributed by atoms with Gasteiger partial charge in [-0.1, -0.05) is 5.21 Å². The highest BCUT2D eigenvalue weighted by atomic mass is 15.4. The minimum absolute atomic E-state index is 0.615. The standard InChI is InChI=1S/C9H16N4/c1-2-13-9(7-11-12-13)8-4-3-5-10-6-8/h7-8,10H,2-6H2,1H3. The molecule has 1 fully saturated rings. The van der Waals surface area contributed by atoms with Gasteiger partial charge in [0, 0.05) is 19.0 Å². The van der Waals surface area contributed by atoms with Crippen LogP contribution in [0.5, 0.6) is 0 Å². The molecule has 72 valence electrons. The molecule has 1 atom stereocenters. The average molecular weight is 180 g/mol. The van der Waals surface area contributed by atoms with Crippen LogP contribution in [0.4, 0.5) is 0 Å². The minimum Gasteiger partial charge on any atom is -0.316 e. The van der Waals surface area contributed by atoms with Gasteiger partial charge < -0.3 is 5.32 Å². The summed E-state index contributed by atoms with van der Waals surface area (Å²) < 4.78 is 2.00. The summed E-state index contributed by atoms with van der Waals surface area (Å²) in [4.78, 5) is 0. The van der Waals surface area contributed by atoms with Gasteiger partial charge in [-0.3, -0.25) is 0 Å². The van der Waals surface area contributed by atoms with Crippen LogP contribution in [-0.4, -0.2) is 28.1 Å². The van der Waals surface area contributed by atoms with E-state index < -0.39 is 0 Å². The second kappa shape index (κ2) is 3.87. The fraction of sp³-hybridized carbons (Fsp3) is 0.778. The van der Waals surface area contributed by atoms with Gasteiger partial charge in [-0.2, -0.15) is 0 Å². The van der Waals surface area contributed by atoms with Crippen molar-refractivity contribution in [3.63, 3.8) is 0 Å². The summed E-state index contributed by atoms with van der Waals surface area (Å²) in [6, 6.07) is 0. The lowest BCUT2D eigenvalue weighted by Gasteiger charge is -2.22. The molecule has 2 heterocycles. The Morgan fingerprint density at radius 3 is 3.31 bits per heavy atom. The Bertz CT molecular complexity index is 262. The Kier molecular flexibility index (Phi) is 2.59. The molecule has 0 spiro atoms. The maximum absolute atomic E-state index is 4.05. The molecular formula is C9H16N4. The van der Waals surface area contributed by atoms with Gasteiger partial charge in [0.2, 0.25) is 0 Å². The monoisotopic (exact) mass is 180 g/mol. The van der Waals surface area contributed by atoms with Gasteiger partial charge in [-0.25, -0.2) is 4.68 Å². The molecule has 0 amide bonds. The molecule has 0 radical (unpaired) electrons. The number of piperidine rings is 1. The highest BCUT2D eigenvalue weighted by molar-refractivity contribution is 5.05. The van der Waals surface area contributed by atoms with E-state index in [4.69, 9.17) is 0 Å². The van der Waals surface area contributed by atoms with E-state index in [0.29, 0.717) is 5.92 Å². The van der Waals surface area contributed by atoms with Crippen molar-refractivity contribution in [2.45, 2.75) is 32.2 Å². The quantitative estimate of drug-likeness (QED) is 0.731. The van der Waals surface area contributed by atoms with Crippen molar-refractivity contribution in [2.24, 2.45) is 0 Å². The first-order valence-electron chi connectivity index (χ1n) is 5.01. The molecule has 1 aromatic heterocycles. The molecular weight excluding hydrogens is 164 g/mol. The highest BCUT2D eigenvalue weighted by Crippen LogP contribution is 2.21. The molecule has 1 aliphatic heterocycles. The fourth-order valence-electron chi connectivity index (χ4n) is 1.93. The number of rotatable bonds is 2. The first-order valence-corrected chi connectivity index (χ1v) is 5.01. The largest absolute Gasteiger partial charge is 0.316 e. The number of aryl methyl sites for hydroxylation is 1. The van der Waals surface area contributed by atoms with Gasteiger partial charge in [0.1, 0.15) is 0 Å². The number of nitrogens with one attached hydrogen (secondary N) is 1. The fourth-order valence-corrected chi connectivity index (χ4v) is 1.93. The Hall–Kier alpha value is -0.900. The van der Waals surface area contributed by atoms with E-state index in [9.17, 15) is 0 Å². The Morgan fingerprint density at radius 1 is 1.69 bits per heavy atom. The van der Waals surface area contributed by atoms with Crippen molar-refractivity contribution < 1.29 is 0 Å². The number of aromatic nitrogens is 3. The predicted molar refractivity (Wildman–Crippen MR) is 50.5 cm³/mol. The SMILES string of the molecule is CCn1nncc1C1CCCNC1. The Balaban J connectivity index is 2.13. The van der Waals surface area contributed by atoms with Crippen LogP contribution in [0.2, 0.25) is 0 Å². The maximum Gasteiger partial charge on any atom is 0.0728 e. The molecule has 2 rings (SSSR count). The zero-order valence-corrected chi connectivity index (χ0v) is 8.03. The first-order chi connectivity index (χ1) is 6.42. The molecule has 4 nitrogen and oxygen atoms in total. The summed E-state index contributed by atoms with van der Waals surface area (Å²) in [5, 5.41) is 11.4. The van der Waals surface area contributed by atoms with Gasteiger partial charge in [-0.15, -0.1) is 5.10 Å². The van der Waals surface area contributed by atoms with E-state index in [1.165, 1.54) is 18.5 Å². The topological polar surface area (TPSA) is 42.7 Å². The maximum atomic E-state index is 4.05. The molecule has 0 aliphatic carbocycles. The van der Waals surface area contributed by atoms with Gasteiger partial charge in [-0.05, 0) is 26.3 Å². The lowest BCUT2D eigenvalue weighted by molar-refractivity contribution is 0.433. The number of nitrogens with zero attached hydrogens (tertiary/aromatic N) is 3. The van der Waals surface area contributed by atoms with Gasteiger partial charge >= 0.3 is 0 Å². The number of hydrogen-bond acceptors (Lipinski definition) is 3. The van der Waals surface area contributed by atoms with E-state index >= 15 is 0 Å². The lowest BCUT2D eigenvalue weighted by Crippen LogP contribution is -2.29. The van der Waals surface area contributed by atoms with Crippen LogP contribution in [0, 0.1) is 0 Å². The molecule has 1 aromatic rings. The smallest absolute Gasteiger partial charge is 0.0728 e. The van der Waals surface area contributed by atoms with Gasteiger partial charge in [0.05, 0.1) is 11.9 Å². The second-order valence-electron chi connectivity index (χ2n) is 3.52. The zero-order chi connectivity index (χ0) is 9.10. The zero-order valence-electron chi connectivity index (χ0n) is 8.03. The summed E-state index contributed by atoms with van der Waals surface area (Å²) >= 11 is 0. The van der Waals surface area contributed by atoms with E-state index in [-0.39, 0.29) is 0 Å².